The van der Waals surface area contributed by atoms with Crippen molar-refractivity contribution in [1.29, 1.82) is 0 Å². The van der Waals surface area contributed by atoms with Gasteiger partial charge in [0.15, 0.2) is 5.78 Å². The molecule has 0 fully saturated rings. The molecule has 0 aliphatic heterocycles. The van der Waals surface area contributed by atoms with E-state index in [1.807, 2.05) is 30.3 Å². The Balaban J connectivity index is 2.12. The summed E-state index contributed by atoms with van der Waals surface area (Å²) in [5, 5.41) is 0. The van der Waals surface area contributed by atoms with Gasteiger partial charge in [0.25, 0.3) is 0 Å². The van der Waals surface area contributed by atoms with Crippen molar-refractivity contribution >= 4 is 28.4 Å². The van der Waals surface area contributed by atoms with E-state index in [9.17, 15) is 4.79 Å². The molecule has 1 aliphatic carbocycles. The van der Waals surface area contributed by atoms with Crippen LogP contribution in [0.3, 0.4) is 0 Å². The van der Waals surface area contributed by atoms with Gasteiger partial charge >= 0.3 is 0 Å². The molecule has 2 rings (SSSR count). The lowest BCUT2D eigenvalue weighted by Crippen LogP contribution is -2.25. The largest absolute Gasteiger partial charge is 0.294 e. The summed E-state index contributed by atoms with van der Waals surface area (Å²) in [7, 11) is 0. The highest BCUT2D eigenvalue weighted by molar-refractivity contribution is 14.1. The highest BCUT2D eigenvalue weighted by Crippen LogP contribution is 2.40. The van der Waals surface area contributed by atoms with Gasteiger partial charge in [-0.15, -0.1) is 0 Å². The van der Waals surface area contributed by atoms with Gasteiger partial charge in [-0.05, 0) is 37.5 Å². The Morgan fingerprint density at radius 3 is 2.14 bits per heavy atom. The molecular formula is C19H25IO. The average Bonchev–Trinajstić information content (AvgIpc) is 2.55. The first-order valence-electron chi connectivity index (χ1n) is 8.03. The molecule has 2 atom stereocenters. The topological polar surface area (TPSA) is 17.1 Å². The Hall–Kier alpha value is -0.640. The van der Waals surface area contributed by atoms with Crippen LogP contribution in [-0.2, 0) is 0 Å². The molecule has 0 N–H and O–H groups in total. The smallest absolute Gasteiger partial charge is 0.163 e. The van der Waals surface area contributed by atoms with Crippen LogP contribution in [0.15, 0.2) is 41.5 Å². The number of carbonyl (C=O) groups excluding carboxylic acids is 1. The maximum Gasteiger partial charge on any atom is 0.163 e. The minimum Gasteiger partial charge on any atom is -0.294 e. The lowest BCUT2D eigenvalue weighted by atomic mass is 9.73. The molecule has 0 bridgehead atoms. The van der Waals surface area contributed by atoms with Crippen LogP contribution in [0.5, 0.6) is 0 Å². The highest BCUT2D eigenvalue weighted by Gasteiger charge is 2.29. The SMILES string of the molecule is CCC1=C(CC)C[C@H](CC(=O)c2ccccc2)[C@H](CI)C1. The maximum atomic E-state index is 12.5. The van der Waals surface area contributed by atoms with Crippen LogP contribution in [-0.4, -0.2) is 10.2 Å². The number of hydrogen-bond donors (Lipinski definition) is 0. The summed E-state index contributed by atoms with van der Waals surface area (Å²) in [6.45, 7) is 4.52. The molecule has 0 amide bonds. The maximum absolute atomic E-state index is 12.5. The minimum absolute atomic E-state index is 0.311. The van der Waals surface area contributed by atoms with Crippen LogP contribution in [0.2, 0.25) is 0 Å². The zero-order valence-electron chi connectivity index (χ0n) is 13.1. The predicted molar refractivity (Wildman–Crippen MR) is 98.1 cm³/mol. The third kappa shape index (κ3) is 4.18. The molecule has 0 spiro atoms. The summed E-state index contributed by atoms with van der Waals surface area (Å²) in [4.78, 5) is 12.5. The molecule has 21 heavy (non-hydrogen) atoms. The van der Waals surface area contributed by atoms with Gasteiger partial charge in [-0.1, -0.05) is 77.9 Å². The van der Waals surface area contributed by atoms with Crippen LogP contribution >= 0.6 is 22.6 Å². The number of carbonyl (C=O) groups is 1. The quantitative estimate of drug-likeness (QED) is 0.256. The Labute approximate surface area is 142 Å². The van der Waals surface area contributed by atoms with Crippen molar-refractivity contribution < 1.29 is 4.79 Å². The fourth-order valence-electron chi connectivity index (χ4n) is 3.44. The normalized spacial score (nSPS) is 22.4. The molecule has 1 nitrogen and oxygen atoms in total. The van der Waals surface area contributed by atoms with Crippen LogP contribution < -0.4 is 0 Å². The number of allylic oxidation sites excluding steroid dienone is 2. The zero-order chi connectivity index (χ0) is 15.2. The van der Waals surface area contributed by atoms with E-state index in [2.05, 4.69) is 36.4 Å². The number of alkyl halides is 1. The average molecular weight is 396 g/mol. The lowest BCUT2D eigenvalue weighted by Gasteiger charge is -2.33. The van der Waals surface area contributed by atoms with Gasteiger partial charge < -0.3 is 0 Å². The molecule has 0 aromatic heterocycles. The Morgan fingerprint density at radius 2 is 1.62 bits per heavy atom. The second kappa shape index (κ2) is 8.11. The van der Waals surface area contributed by atoms with Crippen LogP contribution in [0.4, 0.5) is 0 Å². The number of benzene rings is 1. The van der Waals surface area contributed by atoms with Gasteiger partial charge in [0.05, 0.1) is 0 Å². The van der Waals surface area contributed by atoms with Gasteiger partial charge in [0.1, 0.15) is 0 Å². The van der Waals surface area contributed by atoms with Crippen molar-refractivity contribution in [1.82, 2.24) is 0 Å². The number of rotatable bonds is 6. The molecule has 0 radical (unpaired) electrons. The molecule has 0 saturated carbocycles. The third-order valence-electron chi connectivity index (χ3n) is 4.78. The Bertz CT molecular complexity index is 504. The van der Waals surface area contributed by atoms with E-state index in [0.717, 1.165) is 22.8 Å². The van der Waals surface area contributed by atoms with Gasteiger partial charge in [0, 0.05) is 16.4 Å². The lowest BCUT2D eigenvalue weighted by molar-refractivity contribution is 0.0943. The molecule has 114 valence electrons. The molecule has 1 aromatic rings. The number of ketones is 1. The van der Waals surface area contributed by atoms with E-state index in [1.165, 1.54) is 12.8 Å². The highest BCUT2D eigenvalue weighted by atomic mass is 127. The van der Waals surface area contributed by atoms with E-state index < -0.39 is 0 Å². The van der Waals surface area contributed by atoms with E-state index in [0.29, 0.717) is 24.0 Å². The monoisotopic (exact) mass is 396 g/mol. The molecule has 2 heteroatoms. The second-order valence-electron chi connectivity index (χ2n) is 5.99. The van der Waals surface area contributed by atoms with Gasteiger partial charge in [-0.25, -0.2) is 0 Å². The summed E-state index contributed by atoms with van der Waals surface area (Å²) in [6.07, 6.45) is 5.36. The number of Topliss-reactive ketones (excluding diaryl/α,β-unsaturated/α-hetero) is 1. The van der Waals surface area contributed by atoms with Crippen molar-refractivity contribution in [2.75, 3.05) is 4.43 Å². The molecule has 0 saturated heterocycles. The van der Waals surface area contributed by atoms with Gasteiger partial charge in [-0.3, -0.25) is 4.79 Å². The van der Waals surface area contributed by atoms with Crippen molar-refractivity contribution in [3.05, 3.63) is 47.0 Å². The number of hydrogen-bond acceptors (Lipinski definition) is 1. The summed E-state index contributed by atoms with van der Waals surface area (Å²) < 4.78 is 1.16. The minimum atomic E-state index is 0.311. The predicted octanol–water partition coefficient (Wildman–Crippen LogP) is 5.84. The fourth-order valence-corrected chi connectivity index (χ4v) is 4.47. The number of halogens is 1. The second-order valence-corrected chi connectivity index (χ2v) is 6.87. The Morgan fingerprint density at radius 1 is 1.05 bits per heavy atom. The van der Waals surface area contributed by atoms with Crippen LogP contribution in [0, 0.1) is 11.8 Å². The van der Waals surface area contributed by atoms with Gasteiger partial charge in [-0.2, -0.15) is 0 Å². The molecule has 1 aliphatic rings. The van der Waals surface area contributed by atoms with Crippen LogP contribution in [0.1, 0.15) is 56.3 Å². The molecule has 0 unspecified atom stereocenters. The molecule has 0 heterocycles. The fraction of sp³-hybridized carbons (Fsp3) is 0.526. The first kappa shape index (κ1) is 16.7. The van der Waals surface area contributed by atoms with E-state index in [1.54, 1.807) is 11.1 Å². The van der Waals surface area contributed by atoms with Gasteiger partial charge in [0.2, 0.25) is 0 Å². The molecular weight excluding hydrogens is 371 g/mol. The van der Waals surface area contributed by atoms with E-state index in [-0.39, 0.29) is 0 Å². The summed E-state index contributed by atoms with van der Waals surface area (Å²) in [5.74, 6) is 1.51. The van der Waals surface area contributed by atoms with Crippen molar-refractivity contribution in [3.8, 4) is 0 Å². The third-order valence-corrected chi connectivity index (χ3v) is 5.91. The van der Waals surface area contributed by atoms with E-state index in [4.69, 9.17) is 0 Å². The summed E-state index contributed by atoms with van der Waals surface area (Å²) in [5.41, 5.74) is 4.14. The van der Waals surface area contributed by atoms with Crippen LogP contribution in [0.25, 0.3) is 0 Å². The summed E-state index contributed by atoms with van der Waals surface area (Å²) in [6, 6.07) is 9.76. The zero-order valence-corrected chi connectivity index (χ0v) is 15.2. The summed E-state index contributed by atoms with van der Waals surface area (Å²) >= 11 is 2.50. The Kier molecular flexibility index (Phi) is 6.46. The first-order valence-corrected chi connectivity index (χ1v) is 9.56. The molecule has 1 aromatic carbocycles. The van der Waals surface area contributed by atoms with Crippen molar-refractivity contribution in [2.45, 2.75) is 46.0 Å². The van der Waals surface area contributed by atoms with Crippen molar-refractivity contribution in [2.24, 2.45) is 11.8 Å². The van der Waals surface area contributed by atoms with E-state index >= 15 is 0 Å². The van der Waals surface area contributed by atoms with Crippen molar-refractivity contribution in [3.63, 3.8) is 0 Å². The standard InChI is InChI=1S/C19H25IO/c1-3-14-10-17(18(13-20)11-15(14)4-2)12-19(21)16-8-6-5-7-9-16/h5-9,17-18H,3-4,10-13H2,1-2H3/t17-,18+/m1/s1. The first-order chi connectivity index (χ1) is 10.2.